The summed E-state index contributed by atoms with van der Waals surface area (Å²) in [5.41, 5.74) is 2.70. The molecular weight excluding hydrogens is 340 g/mol. The average molecular weight is 370 g/mol. The van der Waals surface area contributed by atoms with E-state index in [0.29, 0.717) is 11.6 Å². The number of hydrogen-bond acceptors (Lipinski definition) is 5. The first-order valence-electron chi connectivity index (χ1n) is 10.3. The summed E-state index contributed by atoms with van der Waals surface area (Å²) in [4.78, 5) is 17.0. The molecule has 27 heavy (non-hydrogen) atoms. The topological polar surface area (TPSA) is 56.9 Å². The van der Waals surface area contributed by atoms with Crippen molar-refractivity contribution in [1.82, 2.24) is 9.80 Å². The van der Waals surface area contributed by atoms with Crippen LogP contribution >= 0.6 is 0 Å². The number of rotatable bonds is 7. The normalized spacial score (nSPS) is 21.8. The van der Waals surface area contributed by atoms with Crippen LogP contribution in [0.1, 0.15) is 37.3 Å². The van der Waals surface area contributed by atoms with Crippen molar-refractivity contribution < 1.29 is 9.52 Å². The van der Waals surface area contributed by atoms with Gasteiger partial charge in [-0.1, -0.05) is 13.0 Å². The van der Waals surface area contributed by atoms with Gasteiger partial charge in [-0.25, -0.2) is 4.79 Å². The van der Waals surface area contributed by atoms with E-state index in [2.05, 4.69) is 22.8 Å². The molecule has 1 aromatic carbocycles. The van der Waals surface area contributed by atoms with Gasteiger partial charge in [-0.05, 0) is 54.9 Å². The third-order valence-corrected chi connectivity index (χ3v) is 6.04. The number of benzene rings is 1. The average Bonchev–Trinajstić information content (AvgIpc) is 3.48. The summed E-state index contributed by atoms with van der Waals surface area (Å²) < 4.78 is 5.40. The number of aryl methyl sites for hydroxylation is 1. The monoisotopic (exact) mass is 370 g/mol. The smallest absolute Gasteiger partial charge is 0.336 e. The van der Waals surface area contributed by atoms with Crippen molar-refractivity contribution in [2.75, 3.05) is 32.8 Å². The van der Waals surface area contributed by atoms with E-state index < -0.39 is 0 Å². The second-order valence-electron chi connectivity index (χ2n) is 8.11. The molecule has 2 aromatic rings. The molecule has 2 fully saturated rings. The molecule has 1 saturated heterocycles. The molecule has 5 heteroatoms. The zero-order valence-electron chi connectivity index (χ0n) is 16.2. The molecule has 1 saturated carbocycles. The van der Waals surface area contributed by atoms with Gasteiger partial charge in [-0.15, -0.1) is 0 Å². The lowest BCUT2D eigenvalue weighted by atomic mass is 10.0. The Morgan fingerprint density at radius 3 is 2.81 bits per heavy atom. The van der Waals surface area contributed by atoms with Gasteiger partial charge in [0.05, 0.1) is 0 Å². The third-order valence-electron chi connectivity index (χ3n) is 6.04. The Bertz CT molecular complexity index is 843. The summed E-state index contributed by atoms with van der Waals surface area (Å²) in [5, 5.41) is 10.5. The maximum atomic E-state index is 12.0. The van der Waals surface area contributed by atoms with Gasteiger partial charge in [0.1, 0.15) is 5.58 Å². The van der Waals surface area contributed by atoms with Crippen LogP contribution in [0, 0.1) is 5.92 Å². The zero-order valence-corrected chi connectivity index (χ0v) is 16.2. The maximum absolute atomic E-state index is 12.0. The van der Waals surface area contributed by atoms with Crippen LogP contribution in [0.3, 0.4) is 0 Å². The molecule has 1 aliphatic carbocycles. The maximum Gasteiger partial charge on any atom is 0.336 e. The molecule has 0 spiro atoms. The van der Waals surface area contributed by atoms with Crippen LogP contribution in [0.2, 0.25) is 0 Å². The van der Waals surface area contributed by atoms with Crippen molar-refractivity contribution in [3.8, 4) is 0 Å². The van der Waals surface area contributed by atoms with Gasteiger partial charge in [0.2, 0.25) is 0 Å². The number of aliphatic hydroxyl groups excluding tert-OH is 1. The molecule has 2 aliphatic rings. The van der Waals surface area contributed by atoms with Crippen molar-refractivity contribution in [2.24, 2.45) is 5.92 Å². The van der Waals surface area contributed by atoms with Crippen molar-refractivity contribution in [3.05, 3.63) is 45.8 Å². The minimum absolute atomic E-state index is 0.234. The first kappa shape index (κ1) is 18.7. The summed E-state index contributed by atoms with van der Waals surface area (Å²) in [6.45, 7) is 7.30. The molecule has 5 nitrogen and oxygen atoms in total. The second-order valence-corrected chi connectivity index (χ2v) is 8.11. The fourth-order valence-electron chi connectivity index (χ4n) is 4.26. The van der Waals surface area contributed by atoms with Crippen molar-refractivity contribution in [1.29, 1.82) is 0 Å². The molecule has 1 atom stereocenters. The van der Waals surface area contributed by atoms with Crippen molar-refractivity contribution in [2.45, 2.75) is 45.2 Å². The summed E-state index contributed by atoms with van der Waals surface area (Å²) >= 11 is 0. The van der Waals surface area contributed by atoms with Gasteiger partial charge in [0, 0.05) is 56.8 Å². The lowest BCUT2D eigenvalue weighted by Gasteiger charge is -2.41. The van der Waals surface area contributed by atoms with Crippen LogP contribution in [-0.2, 0) is 13.0 Å². The Morgan fingerprint density at radius 1 is 1.22 bits per heavy atom. The van der Waals surface area contributed by atoms with Crippen molar-refractivity contribution in [3.63, 3.8) is 0 Å². The molecule has 0 radical (unpaired) electrons. The van der Waals surface area contributed by atoms with E-state index in [1.165, 1.54) is 24.9 Å². The standard InChI is InChI=1S/C22H30N2O3/c1-2-16-5-6-21-20(11-16)18(12-22(26)27-21)14-23-8-9-24(13-17-3-4-17)19(15-23)7-10-25/h5-6,11-12,17,19,25H,2-4,7-10,13-15H2,1H3. The number of piperazine rings is 1. The van der Waals surface area contributed by atoms with Gasteiger partial charge in [-0.2, -0.15) is 0 Å². The quantitative estimate of drug-likeness (QED) is 0.760. The van der Waals surface area contributed by atoms with E-state index in [0.717, 1.165) is 55.9 Å². The van der Waals surface area contributed by atoms with Crippen LogP contribution in [-0.4, -0.2) is 53.7 Å². The van der Waals surface area contributed by atoms with E-state index in [9.17, 15) is 9.90 Å². The SMILES string of the molecule is CCc1ccc2oc(=O)cc(CN3CCN(CC4CC4)C(CCO)C3)c2c1. The molecule has 1 unspecified atom stereocenters. The first-order valence-corrected chi connectivity index (χ1v) is 10.3. The molecule has 1 aromatic heterocycles. The summed E-state index contributed by atoms with van der Waals surface area (Å²) in [5.74, 6) is 0.868. The molecule has 0 bridgehead atoms. The minimum Gasteiger partial charge on any atom is -0.423 e. The van der Waals surface area contributed by atoms with Crippen molar-refractivity contribution >= 4 is 11.0 Å². The molecule has 1 N–H and O–H groups in total. The largest absolute Gasteiger partial charge is 0.423 e. The number of hydrogen-bond donors (Lipinski definition) is 1. The van der Waals surface area contributed by atoms with Crippen LogP contribution in [0.5, 0.6) is 0 Å². The van der Waals surface area contributed by atoms with Crippen LogP contribution in [0.25, 0.3) is 11.0 Å². The predicted molar refractivity (Wildman–Crippen MR) is 107 cm³/mol. The summed E-state index contributed by atoms with van der Waals surface area (Å²) in [7, 11) is 0. The third kappa shape index (κ3) is 4.42. The van der Waals surface area contributed by atoms with E-state index in [1.807, 2.05) is 12.1 Å². The lowest BCUT2D eigenvalue weighted by molar-refractivity contribution is 0.0523. The minimum atomic E-state index is -0.277. The van der Waals surface area contributed by atoms with Gasteiger partial charge >= 0.3 is 5.63 Å². The zero-order chi connectivity index (χ0) is 18.8. The number of fused-ring (bicyclic) bond motifs is 1. The Morgan fingerprint density at radius 2 is 2.07 bits per heavy atom. The molecular formula is C22H30N2O3. The van der Waals surface area contributed by atoms with Gasteiger partial charge in [0.25, 0.3) is 0 Å². The van der Waals surface area contributed by atoms with Crippen LogP contribution < -0.4 is 5.63 Å². The Hall–Kier alpha value is -1.69. The van der Waals surface area contributed by atoms with Gasteiger partial charge < -0.3 is 9.52 Å². The van der Waals surface area contributed by atoms with Gasteiger partial charge in [-0.3, -0.25) is 9.80 Å². The Balaban J connectivity index is 1.53. The summed E-state index contributed by atoms with van der Waals surface area (Å²) in [6.07, 6.45) is 4.50. The fourth-order valence-corrected chi connectivity index (χ4v) is 4.26. The van der Waals surface area contributed by atoms with E-state index in [4.69, 9.17) is 4.42 Å². The highest BCUT2D eigenvalue weighted by molar-refractivity contribution is 5.80. The Labute approximate surface area is 160 Å². The van der Waals surface area contributed by atoms with E-state index in [1.54, 1.807) is 6.07 Å². The molecule has 0 amide bonds. The first-order chi connectivity index (χ1) is 13.2. The molecule has 1 aliphatic heterocycles. The second kappa shape index (κ2) is 8.13. The van der Waals surface area contributed by atoms with E-state index >= 15 is 0 Å². The fraction of sp³-hybridized carbons (Fsp3) is 0.591. The molecule has 2 heterocycles. The van der Waals surface area contributed by atoms with Crippen LogP contribution in [0.15, 0.2) is 33.5 Å². The van der Waals surface area contributed by atoms with E-state index in [-0.39, 0.29) is 12.2 Å². The lowest BCUT2D eigenvalue weighted by Crippen LogP contribution is -2.53. The molecule has 146 valence electrons. The highest BCUT2D eigenvalue weighted by Gasteiger charge is 2.31. The summed E-state index contributed by atoms with van der Waals surface area (Å²) in [6, 6.07) is 8.16. The highest BCUT2D eigenvalue weighted by Crippen LogP contribution is 2.31. The van der Waals surface area contributed by atoms with Gasteiger partial charge in [0.15, 0.2) is 0 Å². The molecule has 4 rings (SSSR count). The highest BCUT2D eigenvalue weighted by atomic mass is 16.4. The Kier molecular flexibility index (Phi) is 5.62. The van der Waals surface area contributed by atoms with Crippen LogP contribution in [0.4, 0.5) is 0 Å². The number of aliphatic hydroxyl groups is 1. The number of nitrogens with zero attached hydrogens (tertiary/aromatic N) is 2. The predicted octanol–water partition coefficient (Wildman–Crippen LogP) is 2.63.